The molecule has 1 heterocycles. The monoisotopic (exact) mass is 401 g/mol. The summed E-state index contributed by atoms with van der Waals surface area (Å²) in [6.45, 7) is 10.1. The lowest BCUT2D eigenvalue weighted by Gasteiger charge is -2.19. The molecule has 0 aliphatic carbocycles. The van der Waals surface area contributed by atoms with E-state index in [1.165, 1.54) is 5.56 Å². The highest BCUT2D eigenvalue weighted by atomic mass is 16.2. The van der Waals surface area contributed by atoms with Crippen molar-refractivity contribution in [3.8, 4) is 0 Å². The van der Waals surface area contributed by atoms with E-state index in [2.05, 4.69) is 21.7 Å². The number of nitrogens with zero attached hydrogens (tertiary/aromatic N) is 3. The molecule has 0 aromatic heterocycles. The average Bonchev–Trinajstić information content (AvgIpc) is 3.16. The zero-order chi connectivity index (χ0) is 21.1. The third kappa shape index (κ3) is 6.76. The largest absolute Gasteiger partial charge is 0.357 e. The van der Waals surface area contributed by atoms with Crippen LogP contribution in [0.5, 0.6) is 0 Å². The van der Waals surface area contributed by atoms with Crippen molar-refractivity contribution in [2.24, 2.45) is 4.99 Å². The van der Waals surface area contributed by atoms with Gasteiger partial charge in [-0.25, -0.2) is 0 Å². The Bertz CT molecular complexity index is 700. The van der Waals surface area contributed by atoms with Crippen LogP contribution < -0.4 is 15.5 Å². The fourth-order valence-electron chi connectivity index (χ4n) is 3.52. The molecule has 1 aliphatic rings. The van der Waals surface area contributed by atoms with Crippen LogP contribution in [0.3, 0.4) is 0 Å². The summed E-state index contributed by atoms with van der Waals surface area (Å²) in [6, 6.07) is 8.11. The van der Waals surface area contributed by atoms with Gasteiger partial charge in [0.25, 0.3) is 0 Å². The van der Waals surface area contributed by atoms with E-state index in [0.29, 0.717) is 38.3 Å². The molecule has 0 saturated carbocycles. The molecule has 2 rings (SSSR count). The van der Waals surface area contributed by atoms with Crippen molar-refractivity contribution in [2.75, 3.05) is 44.2 Å². The molecular formula is C22H35N5O2. The van der Waals surface area contributed by atoms with E-state index in [9.17, 15) is 9.59 Å². The number of hydrogen-bond donors (Lipinski definition) is 2. The number of guanidine groups is 1. The molecule has 160 valence electrons. The number of benzene rings is 1. The van der Waals surface area contributed by atoms with Crippen molar-refractivity contribution in [2.45, 2.75) is 46.5 Å². The smallest absolute Gasteiger partial charge is 0.227 e. The number of fused-ring (bicyclic) bond motifs is 1. The van der Waals surface area contributed by atoms with Crippen molar-refractivity contribution in [1.29, 1.82) is 0 Å². The van der Waals surface area contributed by atoms with Gasteiger partial charge < -0.3 is 20.4 Å². The van der Waals surface area contributed by atoms with E-state index < -0.39 is 0 Å². The van der Waals surface area contributed by atoms with E-state index >= 15 is 0 Å². The predicted molar refractivity (Wildman–Crippen MR) is 118 cm³/mol. The Morgan fingerprint density at radius 3 is 2.59 bits per heavy atom. The Labute approximate surface area is 174 Å². The fourth-order valence-corrected chi connectivity index (χ4v) is 3.52. The van der Waals surface area contributed by atoms with Crippen LogP contribution in [-0.2, 0) is 16.0 Å². The van der Waals surface area contributed by atoms with Crippen molar-refractivity contribution >= 4 is 23.5 Å². The van der Waals surface area contributed by atoms with Gasteiger partial charge in [0.15, 0.2) is 5.96 Å². The van der Waals surface area contributed by atoms with Crippen LogP contribution in [0.1, 0.15) is 45.6 Å². The Kier molecular flexibility index (Phi) is 9.47. The van der Waals surface area contributed by atoms with Crippen LogP contribution >= 0.6 is 0 Å². The first-order valence-corrected chi connectivity index (χ1v) is 10.8. The lowest BCUT2D eigenvalue weighted by atomic mass is 10.2. The predicted octanol–water partition coefficient (Wildman–Crippen LogP) is 2.17. The van der Waals surface area contributed by atoms with Gasteiger partial charge in [0.2, 0.25) is 11.8 Å². The molecule has 29 heavy (non-hydrogen) atoms. The summed E-state index contributed by atoms with van der Waals surface area (Å²) in [7, 11) is 0. The van der Waals surface area contributed by atoms with Gasteiger partial charge in [-0.2, -0.15) is 0 Å². The lowest BCUT2D eigenvalue weighted by Crippen LogP contribution is -2.40. The first kappa shape index (κ1) is 22.7. The van der Waals surface area contributed by atoms with Crippen molar-refractivity contribution in [3.05, 3.63) is 29.8 Å². The quantitative estimate of drug-likeness (QED) is 0.358. The fraction of sp³-hybridized carbons (Fsp3) is 0.591. The van der Waals surface area contributed by atoms with Gasteiger partial charge in [0.05, 0.1) is 0 Å². The van der Waals surface area contributed by atoms with E-state index in [1.54, 1.807) is 0 Å². The third-order valence-electron chi connectivity index (χ3n) is 5.10. The summed E-state index contributed by atoms with van der Waals surface area (Å²) in [4.78, 5) is 32.9. The minimum absolute atomic E-state index is 0.148. The van der Waals surface area contributed by atoms with Crippen LogP contribution in [-0.4, -0.2) is 61.9 Å². The van der Waals surface area contributed by atoms with Crippen molar-refractivity contribution < 1.29 is 9.59 Å². The number of rotatable bonds is 10. The molecule has 0 saturated heterocycles. The second-order valence-corrected chi connectivity index (χ2v) is 7.03. The van der Waals surface area contributed by atoms with Gasteiger partial charge in [-0.1, -0.05) is 18.2 Å². The van der Waals surface area contributed by atoms with Gasteiger partial charge in [-0.15, -0.1) is 0 Å². The summed E-state index contributed by atoms with van der Waals surface area (Å²) in [5.74, 6) is 1.00. The molecule has 2 N–H and O–H groups in total. The van der Waals surface area contributed by atoms with Gasteiger partial charge >= 0.3 is 0 Å². The number of hydrogen-bond acceptors (Lipinski definition) is 3. The molecule has 1 aliphatic heterocycles. The standard InChI is InChI=1S/C22H35N5O2/c1-4-23-22(25-16-13-20(28)26(5-2)6-3)24-15-9-12-21(29)27-17-14-18-10-7-8-11-19(18)27/h7-8,10-11H,4-6,9,12-17H2,1-3H3,(H2,23,24,25). The number of para-hydroxylation sites is 1. The summed E-state index contributed by atoms with van der Waals surface area (Å²) < 4.78 is 0. The van der Waals surface area contributed by atoms with E-state index in [0.717, 1.165) is 38.3 Å². The molecule has 7 nitrogen and oxygen atoms in total. The molecule has 2 amide bonds. The third-order valence-corrected chi connectivity index (χ3v) is 5.10. The van der Waals surface area contributed by atoms with Crippen LogP contribution in [0, 0.1) is 0 Å². The number of carbonyl (C=O) groups excluding carboxylic acids is 2. The maximum absolute atomic E-state index is 12.6. The van der Waals surface area contributed by atoms with Gasteiger partial charge in [-0.05, 0) is 45.2 Å². The summed E-state index contributed by atoms with van der Waals surface area (Å²) in [5.41, 5.74) is 2.30. The summed E-state index contributed by atoms with van der Waals surface area (Å²) in [5, 5.41) is 6.40. The average molecular weight is 402 g/mol. The molecule has 0 unspecified atom stereocenters. The maximum atomic E-state index is 12.6. The molecule has 0 radical (unpaired) electrons. The van der Waals surface area contributed by atoms with Gasteiger partial charge in [0, 0.05) is 57.8 Å². The molecule has 1 aromatic carbocycles. The topological polar surface area (TPSA) is 77.0 Å². The van der Waals surface area contributed by atoms with Crippen LogP contribution in [0.15, 0.2) is 29.3 Å². The van der Waals surface area contributed by atoms with E-state index in [-0.39, 0.29) is 11.8 Å². The van der Waals surface area contributed by atoms with Gasteiger partial charge in [-0.3, -0.25) is 14.6 Å². The molecule has 7 heteroatoms. The molecule has 0 atom stereocenters. The summed E-state index contributed by atoms with van der Waals surface area (Å²) in [6.07, 6.45) is 2.56. The zero-order valence-corrected chi connectivity index (χ0v) is 18.0. The van der Waals surface area contributed by atoms with E-state index in [1.807, 2.05) is 48.8 Å². The Balaban J connectivity index is 1.74. The van der Waals surface area contributed by atoms with Crippen molar-refractivity contribution in [3.63, 3.8) is 0 Å². The highest BCUT2D eigenvalue weighted by Gasteiger charge is 2.23. The molecule has 0 spiro atoms. The Morgan fingerprint density at radius 1 is 1.10 bits per heavy atom. The van der Waals surface area contributed by atoms with Crippen LogP contribution in [0.4, 0.5) is 5.69 Å². The van der Waals surface area contributed by atoms with Crippen LogP contribution in [0.2, 0.25) is 0 Å². The number of amides is 2. The number of carbonyl (C=O) groups is 2. The second-order valence-electron chi connectivity index (χ2n) is 7.03. The zero-order valence-electron chi connectivity index (χ0n) is 18.0. The van der Waals surface area contributed by atoms with E-state index in [4.69, 9.17) is 0 Å². The van der Waals surface area contributed by atoms with Crippen molar-refractivity contribution in [1.82, 2.24) is 15.5 Å². The highest BCUT2D eigenvalue weighted by molar-refractivity contribution is 5.95. The first-order chi connectivity index (χ1) is 14.1. The minimum atomic E-state index is 0.148. The highest BCUT2D eigenvalue weighted by Crippen LogP contribution is 2.27. The molecule has 0 bridgehead atoms. The Hall–Kier alpha value is -2.57. The normalized spacial score (nSPS) is 13.2. The Morgan fingerprint density at radius 2 is 1.86 bits per heavy atom. The minimum Gasteiger partial charge on any atom is -0.357 e. The SMILES string of the molecule is CCNC(=NCCCC(=O)N1CCc2ccccc21)NCCC(=O)N(CC)CC. The lowest BCUT2D eigenvalue weighted by molar-refractivity contribution is -0.130. The second kappa shape index (κ2) is 12.1. The first-order valence-electron chi connectivity index (χ1n) is 10.8. The summed E-state index contributed by atoms with van der Waals surface area (Å²) >= 11 is 0. The molecule has 0 fully saturated rings. The number of anilines is 1. The molecule has 1 aromatic rings. The maximum Gasteiger partial charge on any atom is 0.227 e. The van der Waals surface area contributed by atoms with Crippen LogP contribution in [0.25, 0.3) is 0 Å². The number of aliphatic imine (C=N–C) groups is 1. The van der Waals surface area contributed by atoms with Gasteiger partial charge in [0.1, 0.15) is 0 Å². The number of nitrogens with one attached hydrogen (secondary N) is 2. The molecular weight excluding hydrogens is 366 g/mol.